The first kappa shape index (κ1) is 17.4. The molecule has 3 nitrogen and oxygen atoms in total. The molecule has 0 aliphatic carbocycles. The van der Waals surface area contributed by atoms with Crippen molar-refractivity contribution in [3.05, 3.63) is 58.1 Å². The molecule has 0 aromatic heterocycles. The highest BCUT2D eigenvalue weighted by atomic mass is 35.5. The molecule has 2 rings (SSSR count). The van der Waals surface area contributed by atoms with E-state index >= 15 is 0 Å². The van der Waals surface area contributed by atoms with Gasteiger partial charge < -0.3 is 9.64 Å². The fourth-order valence-electron chi connectivity index (χ4n) is 2.25. The number of hydrogen-bond acceptors (Lipinski definition) is 2. The highest BCUT2D eigenvalue weighted by Gasteiger charge is 2.10. The van der Waals surface area contributed by atoms with Crippen LogP contribution in [0.2, 0.25) is 5.02 Å². The molecule has 0 radical (unpaired) electrons. The second-order valence-corrected chi connectivity index (χ2v) is 5.92. The van der Waals surface area contributed by atoms with E-state index in [0.29, 0.717) is 0 Å². The maximum Gasteiger partial charge on any atom is 0.121 e. The average Bonchev–Trinajstić information content (AvgIpc) is 2.57. The molecule has 2 aromatic carbocycles. The minimum atomic E-state index is 0.759. The van der Waals surface area contributed by atoms with Crippen LogP contribution in [-0.2, 0) is 6.42 Å². The van der Waals surface area contributed by atoms with Crippen LogP contribution in [0.3, 0.4) is 0 Å². The standard InChI is InChI=1S/C19H23ClN2O/c1-5-22(3)13-21-19-12-17(23-4)11-16(14(19)2)10-15-8-6-7-9-18(15)20/h6-9,11-13H,5,10H2,1-4H3/b21-13-. The van der Waals surface area contributed by atoms with Crippen LogP contribution in [0.4, 0.5) is 5.69 Å². The molecule has 0 unspecified atom stereocenters. The van der Waals surface area contributed by atoms with Gasteiger partial charge in [-0.1, -0.05) is 29.8 Å². The van der Waals surface area contributed by atoms with Gasteiger partial charge in [-0.2, -0.15) is 0 Å². The van der Waals surface area contributed by atoms with Crippen molar-refractivity contribution in [1.82, 2.24) is 4.90 Å². The maximum atomic E-state index is 6.29. The lowest BCUT2D eigenvalue weighted by Crippen LogP contribution is -2.14. The predicted octanol–water partition coefficient (Wildman–Crippen LogP) is 4.86. The summed E-state index contributed by atoms with van der Waals surface area (Å²) in [6.45, 7) is 5.09. The summed E-state index contributed by atoms with van der Waals surface area (Å²) < 4.78 is 5.43. The topological polar surface area (TPSA) is 24.8 Å². The van der Waals surface area contributed by atoms with E-state index in [2.05, 4.69) is 31.0 Å². The van der Waals surface area contributed by atoms with Gasteiger partial charge in [0.2, 0.25) is 0 Å². The van der Waals surface area contributed by atoms with Gasteiger partial charge in [0.25, 0.3) is 0 Å². The van der Waals surface area contributed by atoms with Crippen molar-refractivity contribution >= 4 is 23.6 Å². The largest absolute Gasteiger partial charge is 0.497 e. The Hall–Kier alpha value is -2.00. The molecule has 0 fully saturated rings. The molecule has 2 aromatic rings. The van der Waals surface area contributed by atoms with Gasteiger partial charge in [-0.3, -0.25) is 0 Å². The van der Waals surface area contributed by atoms with E-state index in [1.54, 1.807) is 7.11 Å². The van der Waals surface area contributed by atoms with Crippen LogP contribution < -0.4 is 4.74 Å². The summed E-state index contributed by atoms with van der Waals surface area (Å²) in [5.41, 5.74) is 4.34. The number of aliphatic imine (C=N–C) groups is 1. The van der Waals surface area contributed by atoms with E-state index in [1.807, 2.05) is 42.6 Å². The first-order chi connectivity index (χ1) is 11.0. The Balaban J connectivity index is 2.39. The normalized spacial score (nSPS) is 11.0. The minimum absolute atomic E-state index is 0.759. The number of methoxy groups -OCH3 is 1. The Morgan fingerprint density at radius 3 is 2.61 bits per heavy atom. The van der Waals surface area contributed by atoms with Crippen molar-refractivity contribution in [3.63, 3.8) is 0 Å². The van der Waals surface area contributed by atoms with Crippen molar-refractivity contribution in [2.75, 3.05) is 20.7 Å². The van der Waals surface area contributed by atoms with E-state index in [-0.39, 0.29) is 0 Å². The van der Waals surface area contributed by atoms with Crippen molar-refractivity contribution in [1.29, 1.82) is 0 Å². The van der Waals surface area contributed by atoms with E-state index in [1.165, 1.54) is 5.56 Å². The number of hydrogen-bond donors (Lipinski definition) is 0. The molecular weight excluding hydrogens is 308 g/mol. The molecule has 0 aliphatic rings. The number of ether oxygens (including phenoxy) is 1. The van der Waals surface area contributed by atoms with Gasteiger partial charge in [0.1, 0.15) is 5.75 Å². The van der Waals surface area contributed by atoms with Crippen molar-refractivity contribution in [2.24, 2.45) is 4.99 Å². The van der Waals surface area contributed by atoms with Crippen molar-refractivity contribution < 1.29 is 4.74 Å². The molecule has 4 heteroatoms. The first-order valence-corrected chi connectivity index (χ1v) is 8.08. The third-order valence-electron chi connectivity index (χ3n) is 3.93. The SMILES string of the molecule is CCN(C)/C=N\c1cc(OC)cc(Cc2ccccc2Cl)c1C. The van der Waals surface area contributed by atoms with Crippen molar-refractivity contribution in [3.8, 4) is 5.75 Å². The summed E-state index contributed by atoms with van der Waals surface area (Å²) in [6.07, 6.45) is 2.61. The average molecular weight is 331 g/mol. The van der Waals surface area contributed by atoms with Gasteiger partial charge in [-0.05, 0) is 49.1 Å². The predicted molar refractivity (Wildman–Crippen MR) is 98.4 cm³/mol. The third-order valence-corrected chi connectivity index (χ3v) is 4.30. The van der Waals surface area contributed by atoms with E-state index < -0.39 is 0 Å². The second kappa shape index (κ2) is 8.02. The molecule has 0 heterocycles. The Labute approximate surface area is 143 Å². The Morgan fingerprint density at radius 2 is 1.96 bits per heavy atom. The Kier molecular flexibility index (Phi) is 6.05. The van der Waals surface area contributed by atoms with Crippen LogP contribution in [0, 0.1) is 6.92 Å². The zero-order valence-electron chi connectivity index (χ0n) is 14.1. The summed E-state index contributed by atoms with van der Waals surface area (Å²) in [5, 5.41) is 0.783. The van der Waals surface area contributed by atoms with Gasteiger partial charge in [0.15, 0.2) is 0 Å². The lowest BCUT2D eigenvalue weighted by Gasteiger charge is -2.14. The molecule has 0 saturated carbocycles. The van der Waals surface area contributed by atoms with Gasteiger partial charge >= 0.3 is 0 Å². The quantitative estimate of drug-likeness (QED) is 0.558. The fourth-order valence-corrected chi connectivity index (χ4v) is 2.46. The molecule has 0 aliphatic heterocycles. The summed E-state index contributed by atoms with van der Waals surface area (Å²) in [4.78, 5) is 6.63. The summed E-state index contributed by atoms with van der Waals surface area (Å²) in [5.74, 6) is 0.809. The fraction of sp³-hybridized carbons (Fsp3) is 0.316. The first-order valence-electron chi connectivity index (χ1n) is 7.70. The third kappa shape index (κ3) is 4.49. The lowest BCUT2D eigenvalue weighted by atomic mass is 9.99. The summed E-state index contributed by atoms with van der Waals surface area (Å²) >= 11 is 6.29. The van der Waals surface area contributed by atoms with E-state index in [0.717, 1.165) is 40.6 Å². The van der Waals surface area contributed by atoms with Gasteiger partial charge in [0, 0.05) is 24.7 Å². The Morgan fingerprint density at radius 1 is 1.22 bits per heavy atom. The minimum Gasteiger partial charge on any atom is -0.497 e. The molecule has 0 bridgehead atoms. The van der Waals surface area contributed by atoms with Crippen LogP contribution in [0.15, 0.2) is 41.4 Å². The smallest absolute Gasteiger partial charge is 0.121 e. The molecule has 0 saturated heterocycles. The number of halogens is 1. The van der Waals surface area contributed by atoms with Crippen LogP contribution >= 0.6 is 11.6 Å². The molecule has 0 spiro atoms. The maximum absolute atomic E-state index is 6.29. The zero-order valence-corrected chi connectivity index (χ0v) is 14.9. The van der Waals surface area contributed by atoms with Gasteiger partial charge in [-0.15, -0.1) is 0 Å². The van der Waals surface area contributed by atoms with Crippen molar-refractivity contribution in [2.45, 2.75) is 20.3 Å². The molecular formula is C19H23ClN2O. The van der Waals surface area contributed by atoms with Crippen LogP contribution in [-0.4, -0.2) is 31.9 Å². The number of nitrogens with zero attached hydrogens (tertiary/aromatic N) is 2. The summed E-state index contributed by atoms with van der Waals surface area (Å²) in [7, 11) is 3.68. The van der Waals surface area contributed by atoms with Gasteiger partial charge in [-0.25, -0.2) is 4.99 Å². The van der Waals surface area contributed by atoms with Crippen LogP contribution in [0.1, 0.15) is 23.6 Å². The monoisotopic (exact) mass is 330 g/mol. The van der Waals surface area contributed by atoms with Crippen LogP contribution in [0.25, 0.3) is 0 Å². The summed E-state index contributed by atoms with van der Waals surface area (Å²) in [6, 6.07) is 11.9. The highest BCUT2D eigenvalue weighted by Crippen LogP contribution is 2.31. The molecule has 122 valence electrons. The highest BCUT2D eigenvalue weighted by molar-refractivity contribution is 6.31. The second-order valence-electron chi connectivity index (χ2n) is 5.52. The lowest BCUT2D eigenvalue weighted by molar-refractivity contribution is 0.414. The van der Waals surface area contributed by atoms with E-state index in [4.69, 9.17) is 16.3 Å². The molecule has 0 atom stereocenters. The molecule has 23 heavy (non-hydrogen) atoms. The van der Waals surface area contributed by atoms with Gasteiger partial charge in [0.05, 0.1) is 19.1 Å². The molecule has 0 amide bonds. The van der Waals surface area contributed by atoms with Crippen LogP contribution in [0.5, 0.6) is 5.75 Å². The number of benzene rings is 2. The zero-order chi connectivity index (χ0) is 16.8. The Bertz CT molecular complexity index is 698. The number of rotatable bonds is 6. The van der Waals surface area contributed by atoms with E-state index in [9.17, 15) is 0 Å². The molecule has 0 N–H and O–H groups in total.